The summed E-state index contributed by atoms with van der Waals surface area (Å²) in [6.07, 6.45) is -0.0689. The highest BCUT2D eigenvalue weighted by Gasteiger charge is 2.36. The summed E-state index contributed by atoms with van der Waals surface area (Å²) in [7, 11) is -4.35. The smallest absolute Gasteiger partial charge is 0.265 e. The highest BCUT2D eigenvalue weighted by Crippen LogP contribution is 2.33. The van der Waals surface area contributed by atoms with Gasteiger partial charge in [0.2, 0.25) is 10.0 Å². The fourth-order valence-electron chi connectivity index (χ4n) is 2.46. The molecule has 0 radical (unpaired) electrons. The van der Waals surface area contributed by atoms with Crippen LogP contribution < -0.4 is 4.72 Å². The molecule has 0 atom stereocenters. The molecule has 1 aromatic carbocycles. The van der Waals surface area contributed by atoms with Crippen LogP contribution in [0.2, 0.25) is 0 Å². The van der Waals surface area contributed by atoms with Gasteiger partial charge in [-0.15, -0.1) is 0 Å². The molecule has 0 saturated carbocycles. The lowest BCUT2D eigenvalue weighted by Crippen LogP contribution is -2.26. The first-order valence-corrected chi connectivity index (χ1v) is 9.27. The number of halogens is 3. The van der Waals surface area contributed by atoms with Crippen LogP contribution in [0.3, 0.4) is 0 Å². The van der Waals surface area contributed by atoms with Gasteiger partial charge in [-0.3, -0.25) is 9.97 Å². The van der Waals surface area contributed by atoms with Crippen molar-refractivity contribution < 1.29 is 21.6 Å². The van der Waals surface area contributed by atoms with Crippen LogP contribution in [0.15, 0.2) is 72.0 Å². The number of hydrogen-bond acceptors (Lipinski definition) is 4. The molecule has 9 heteroatoms. The topological polar surface area (TPSA) is 72.0 Å². The summed E-state index contributed by atoms with van der Waals surface area (Å²) in [5.41, 5.74) is 0.747. The van der Waals surface area contributed by atoms with Crippen LogP contribution in [0.5, 0.6) is 0 Å². The Morgan fingerprint density at radius 3 is 2.37 bits per heavy atom. The average molecular weight is 393 g/mol. The Hall–Kier alpha value is -2.78. The summed E-state index contributed by atoms with van der Waals surface area (Å²) in [4.78, 5) is 7.31. The molecule has 3 rings (SSSR count). The zero-order valence-electron chi connectivity index (χ0n) is 13.8. The van der Waals surface area contributed by atoms with Gasteiger partial charge in [-0.05, 0) is 42.0 Å². The van der Waals surface area contributed by atoms with Gasteiger partial charge >= 0.3 is 6.18 Å². The van der Waals surface area contributed by atoms with Crippen molar-refractivity contribution in [3.63, 3.8) is 0 Å². The van der Waals surface area contributed by atoms with Gasteiger partial charge in [0.05, 0.1) is 16.2 Å². The second-order valence-corrected chi connectivity index (χ2v) is 7.34. The third-order valence-electron chi connectivity index (χ3n) is 3.75. The first kappa shape index (κ1) is 19.0. The van der Waals surface area contributed by atoms with Crippen LogP contribution >= 0.6 is 0 Å². The fraction of sp³-hybridized carbons (Fsp3) is 0.111. The average Bonchev–Trinajstić information content (AvgIpc) is 2.67. The van der Waals surface area contributed by atoms with Crippen LogP contribution in [0.25, 0.3) is 11.3 Å². The van der Waals surface area contributed by atoms with E-state index in [4.69, 9.17) is 0 Å². The number of aromatic nitrogens is 2. The molecular weight excluding hydrogens is 379 g/mol. The number of sulfonamides is 1. The molecule has 0 aliphatic heterocycles. The molecule has 2 heterocycles. The zero-order valence-corrected chi connectivity index (χ0v) is 14.6. The first-order valence-electron chi connectivity index (χ1n) is 7.78. The predicted octanol–water partition coefficient (Wildman–Crippen LogP) is 3.64. The summed E-state index contributed by atoms with van der Waals surface area (Å²) in [5.74, 6) is 0. The fourth-order valence-corrected chi connectivity index (χ4v) is 3.70. The van der Waals surface area contributed by atoms with Gasteiger partial charge in [0.1, 0.15) is 0 Å². The summed E-state index contributed by atoms with van der Waals surface area (Å²) in [6.45, 7) is -0.171. The van der Waals surface area contributed by atoms with Gasteiger partial charge in [-0.1, -0.05) is 12.1 Å². The van der Waals surface area contributed by atoms with Crippen molar-refractivity contribution in [3.05, 3.63) is 78.2 Å². The number of hydrogen-bond donors (Lipinski definition) is 1. The van der Waals surface area contributed by atoms with Crippen molar-refractivity contribution in [2.75, 3.05) is 0 Å². The number of pyridine rings is 2. The van der Waals surface area contributed by atoms with Gasteiger partial charge in [0.25, 0.3) is 0 Å². The maximum atomic E-state index is 13.1. The van der Waals surface area contributed by atoms with E-state index in [0.29, 0.717) is 11.3 Å². The Morgan fingerprint density at radius 2 is 1.67 bits per heavy atom. The Balaban J connectivity index is 1.83. The summed E-state index contributed by atoms with van der Waals surface area (Å²) < 4.78 is 66.2. The predicted molar refractivity (Wildman–Crippen MR) is 92.9 cm³/mol. The van der Waals surface area contributed by atoms with Gasteiger partial charge < -0.3 is 0 Å². The van der Waals surface area contributed by atoms with Crippen molar-refractivity contribution in [1.29, 1.82) is 0 Å². The molecule has 0 spiro atoms. The number of alkyl halides is 3. The molecule has 0 unspecified atom stereocenters. The van der Waals surface area contributed by atoms with Crippen LogP contribution in [0.1, 0.15) is 11.1 Å². The van der Waals surface area contributed by atoms with Gasteiger partial charge in [-0.2, -0.15) is 13.2 Å². The van der Waals surface area contributed by atoms with Crippen molar-refractivity contribution in [2.45, 2.75) is 17.6 Å². The normalized spacial score (nSPS) is 12.1. The standard InChI is InChI=1S/C18H14F3N3O2S/c19-18(20,21)15-3-1-2-4-17(15)27(25,26)24-12-13-5-10-23-16(11-13)14-6-8-22-9-7-14/h1-11,24H,12H2. The van der Waals surface area contributed by atoms with Crippen molar-refractivity contribution >= 4 is 10.0 Å². The number of benzene rings is 1. The summed E-state index contributed by atoms with van der Waals surface area (Å²) in [5, 5.41) is 0. The van der Waals surface area contributed by atoms with E-state index < -0.39 is 26.7 Å². The Bertz CT molecular complexity index is 1040. The molecule has 3 aromatic rings. The molecule has 5 nitrogen and oxygen atoms in total. The lowest BCUT2D eigenvalue weighted by molar-refractivity contribution is -0.139. The molecule has 27 heavy (non-hydrogen) atoms. The van der Waals surface area contributed by atoms with E-state index in [1.54, 1.807) is 36.7 Å². The maximum absolute atomic E-state index is 13.1. The summed E-state index contributed by atoms with van der Waals surface area (Å²) >= 11 is 0. The third-order valence-corrected chi connectivity index (χ3v) is 5.21. The van der Waals surface area contributed by atoms with E-state index in [1.807, 2.05) is 0 Å². The Kier molecular flexibility index (Phi) is 5.24. The first-order chi connectivity index (χ1) is 12.8. The van der Waals surface area contributed by atoms with Crippen LogP contribution in [-0.2, 0) is 22.7 Å². The highest BCUT2D eigenvalue weighted by molar-refractivity contribution is 7.89. The van der Waals surface area contributed by atoms with Crippen LogP contribution in [0.4, 0.5) is 13.2 Å². The number of nitrogens with zero attached hydrogens (tertiary/aromatic N) is 2. The van der Waals surface area contributed by atoms with Crippen molar-refractivity contribution in [1.82, 2.24) is 14.7 Å². The molecule has 0 aliphatic rings. The van der Waals surface area contributed by atoms with E-state index in [-0.39, 0.29) is 6.54 Å². The molecule has 0 fully saturated rings. The molecule has 140 valence electrons. The van der Waals surface area contributed by atoms with E-state index in [9.17, 15) is 21.6 Å². The molecule has 0 saturated heterocycles. The lowest BCUT2D eigenvalue weighted by atomic mass is 10.1. The highest BCUT2D eigenvalue weighted by atomic mass is 32.2. The lowest BCUT2D eigenvalue weighted by Gasteiger charge is -2.14. The molecule has 0 aliphatic carbocycles. The second-order valence-electron chi connectivity index (χ2n) is 5.60. The Morgan fingerprint density at radius 1 is 0.963 bits per heavy atom. The minimum absolute atomic E-state index is 0.171. The van der Waals surface area contributed by atoms with Gasteiger partial charge in [-0.25, -0.2) is 13.1 Å². The van der Waals surface area contributed by atoms with E-state index in [0.717, 1.165) is 23.8 Å². The number of nitrogens with one attached hydrogen (secondary N) is 1. The minimum Gasteiger partial charge on any atom is -0.265 e. The molecular formula is C18H14F3N3O2S. The van der Waals surface area contributed by atoms with Crippen LogP contribution in [0, 0.1) is 0 Å². The minimum atomic E-state index is -4.77. The summed E-state index contributed by atoms with van der Waals surface area (Å²) in [6, 6.07) is 10.8. The van der Waals surface area contributed by atoms with E-state index >= 15 is 0 Å². The Labute approximate surface area is 154 Å². The van der Waals surface area contributed by atoms with Crippen LogP contribution in [-0.4, -0.2) is 18.4 Å². The third kappa shape index (κ3) is 4.50. The zero-order chi connectivity index (χ0) is 19.5. The quantitative estimate of drug-likeness (QED) is 0.718. The number of rotatable bonds is 5. The maximum Gasteiger partial charge on any atom is 0.417 e. The molecule has 1 N–H and O–H groups in total. The van der Waals surface area contributed by atoms with Crippen molar-refractivity contribution in [2.24, 2.45) is 0 Å². The molecule has 0 bridgehead atoms. The molecule has 0 amide bonds. The largest absolute Gasteiger partial charge is 0.417 e. The van der Waals surface area contributed by atoms with Gasteiger partial charge in [0.15, 0.2) is 0 Å². The molecule has 2 aromatic heterocycles. The van der Waals surface area contributed by atoms with Crippen molar-refractivity contribution in [3.8, 4) is 11.3 Å². The van der Waals surface area contributed by atoms with E-state index in [2.05, 4.69) is 14.7 Å². The second kappa shape index (κ2) is 7.45. The van der Waals surface area contributed by atoms with E-state index in [1.165, 1.54) is 12.3 Å². The van der Waals surface area contributed by atoms with Gasteiger partial charge in [0, 0.05) is 30.7 Å². The monoisotopic (exact) mass is 393 g/mol. The SMILES string of the molecule is O=S(=O)(NCc1ccnc(-c2ccncc2)c1)c1ccccc1C(F)(F)F.